The molecule has 0 saturated heterocycles. The van der Waals surface area contributed by atoms with Crippen molar-refractivity contribution in [3.8, 4) is 11.1 Å². The maximum Gasteiger partial charge on any atom is 0.417 e. The Hall–Kier alpha value is -1.77. The highest BCUT2D eigenvalue weighted by Crippen LogP contribution is 2.42. The first-order chi connectivity index (χ1) is 11.4. The van der Waals surface area contributed by atoms with Gasteiger partial charge in [-0.1, -0.05) is 35.9 Å². The van der Waals surface area contributed by atoms with Gasteiger partial charge in [0.2, 0.25) is 10.0 Å². The number of rotatable bonds is 4. The Morgan fingerprint density at radius 1 is 1.16 bits per heavy atom. The fraction of sp³-hybridized carbons (Fsp3) is 0.250. The van der Waals surface area contributed by atoms with Gasteiger partial charge in [0, 0.05) is 17.3 Å². The zero-order valence-corrected chi connectivity index (χ0v) is 14.9. The normalized spacial score (nSPS) is 13.7. The Labute approximate surface area is 148 Å². The lowest BCUT2D eigenvalue weighted by Crippen LogP contribution is -2.25. The molecule has 0 fully saturated rings. The molecule has 1 atom stereocenters. The van der Waals surface area contributed by atoms with Crippen molar-refractivity contribution < 1.29 is 21.6 Å². The van der Waals surface area contributed by atoms with Crippen LogP contribution in [-0.2, 0) is 16.2 Å². The summed E-state index contributed by atoms with van der Waals surface area (Å²) in [6, 6.07) is 7.59. The number of halogens is 4. The van der Waals surface area contributed by atoms with Crippen LogP contribution in [0.1, 0.15) is 24.1 Å². The molecule has 0 radical (unpaired) electrons. The quantitative estimate of drug-likeness (QED) is 0.765. The topological polar surface area (TPSA) is 72.2 Å². The van der Waals surface area contributed by atoms with Gasteiger partial charge in [-0.3, -0.25) is 0 Å². The van der Waals surface area contributed by atoms with E-state index in [1.54, 1.807) is 19.1 Å². The monoisotopic (exact) mass is 392 g/mol. The molecule has 2 aromatic carbocycles. The van der Waals surface area contributed by atoms with Crippen LogP contribution in [0.5, 0.6) is 0 Å². The maximum absolute atomic E-state index is 13.3. The van der Waals surface area contributed by atoms with Gasteiger partial charge in [0.25, 0.3) is 0 Å². The van der Waals surface area contributed by atoms with Crippen LogP contribution in [0.25, 0.3) is 11.1 Å². The first-order valence-corrected chi connectivity index (χ1v) is 9.39. The average Bonchev–Trinajstić information content (AvgIpc) is 2.44. The van der Waals surface area contributed by atoms with Gasteiger partial charge in [0.05, 0.1) is 16.8 Å². The lowest BCUT2D eigenvalue weighted by molar-refractivity contribution is -0.137. The first-order valence-electron chi connectivity index (χ1n) is 7.12. The maximum atomic E-state index is 13.3. The van der Waals surface area contributed by atoms with Crippen LogP contribution in [0.3, 0.4) is 0 Å². The molecule has 2 aromatic rings. The Balaban J connectivity index is 2.47. The van der Waals surface area contributed by atoms with Crippen molar-refractivity contribution in [3.63, 3.8) is 0 Å². The molecule has 0 saturated carbocycles. The van der Waals surface area contributed by atoms with E-state index in [9.17, 15) is 21.6 Å². The molecule has 9 heteroatoms. The summed E-state index contributed by atoms with van der Waals surface area (Å²) < 4.78 is 64.8. The molecular formula is C16H16ClF3N2O2S. The molecule has 0 spiro atoms. The van der Waals surface area contributed by atoms with Gasteiger partial charge in [0.1, 0.15) is 0 Å². The van der Waals surface area contributed by atoms with Crippen LogP contribution in [0, 0.1) is 0 Å². The third-order valence-electron chi connectivity index (χ3n) is 3.51. The number of nitrogens with one attached hydrogen (secondary N) is 1. The smallest absolute Gasteiger partial charge is 0.399 e. The Bertz CT molecular complexity index is 881. The highest BCUT2D eigenvalue weighted by Gasteiger charge is 2.35. The van der Waals surface area contributed by atoms with Crippen LogP contribution < -0.4 is 10.5 Å². The SMILES string of the molecule is C[C@@H](NS(C)(=O)=O)c1ccc(-c2c(Cl)cc(N)cc2C(F)(F)F)cc1. The third kappa shape index (κ3) is 4.87. The summed E-state index contributed by atoms with van der Waals surface area (Å²) in [7, 11) is -3.41. The fourth-order valence-corrected chi connectivity index (χ4v) is 3.59. The molecule has 25 heavy (non-hydrogen) atoms. The Kier molecular flexibility index (Phi) is 5.36. The largest absolute Gasteiger partial charge is 0.417 e. The van der Waals surface area contributed by atoms with Crippen LogP contribution >= 0.6 is 11.6 Å². The minimum atomic E-state index is -4.61. The van der Waals surface area contributed by atoms with Gasteiger partial charge in [-0.05, 0) is 30.2 Å². The van der Waals surface area contributed by atoms with Gasteiger partial charge in [-0.15, -0.1) is 0 Å². The molecule has 136 valence electrons. The van der Waals surface area contributed by atoms with E-state index in [0.29, 0.717) is 5.56 Å². The van der Waals surface area contributed by atoms with Gasteiger partial charge >= 0.3 is 6.18 Å². The summed E-state index contributed by atoms with van der Waals surface area (Å²) in [5, 5.41) is -0.109. The number of anilines is 1. The van der Waals surface area contributed by atoms with E-state index in [2.05, 4.69) is 4.72 Å². The molecule has 0 unspecified atom stereocenters. The fourth-order valence-electron chi connectivity index (χ4n) is 2.47. The van der Waals surface area contributed by atoms with Gasteiger partial charge in [-0.2, -0.15) is 13.2 Å². The van der Waals surface area contributed by atoms with Gasteiger partial charge in [-0.25, -0.2) is 13.1 Å². The van der Waals surface area contributed by atoms with E-state index < -0.39 is 27.8 Å². The van der Waals surface area contributed by atoms with E-state index in [4.69, 9.17) is 17.3 Å². The average molecular weight is 393 g/mol. The van der Waals surface area contributed by atoms with Crippen molar-refractivity contribution in [1.29, 1.82) is 0 Å². The third-order valence-corrected chi connectivity index (χ3v) is 4.59. The van der Waals surface area contributed by atoms with Crippen molar-refractivity contribution in [3.05, 3.63) is 52.5 Å². The summed E-state index contributed by atoms with van der Waals surface area (Å²) in [6.07, 6.45) is -3.58. The summed E-state index contributed by atoms with van der Waals surface area (Å²) in [5.41, 5.74) is 5.17. The predicted octanol–water partition coefficient (Wildman–Crippen LogP) is 4.22. The van der Waals surface area contributed by atoms with E-state index in [-0.39, 0.29) is 21.8 Å². The van der Waals surface area contributed by atoms with Crippen molar-refractivity contribution >= 4 is 27.3 Å². The second-order valence-corrected chi connectivity index (χ2v) is 7.84. The lowest BCUT2D eigenvalue weighted by atomic mass is 9.96. The number of benzene rings is 2. The van der Waals surface area contributed by atoms with Crippen LogP contribution in [0.15, 0.2) is 36.4 Å². The van der Waals surface area contributed by atoms with E-state index >= 15 is 0 Å². The minimum Gasteiger partial charge on any atom is -0.399 e. The zero-order chi connectivity index (χ0) is 19.0. The lowest BCUT2D eigenvalue weighted by Gasteiger charge is -2.17. The summed E-state index contributed by atoms with van der Waals surface area (Å²) in [6.45, 7) is 1.63. The molecule has 0 amide bonds. The van der Waals surface area contributed by atoms with E-state index in [0.717, 1.165) is 12.3 Å². The van der Waals surface area contributed by atoms with Gasteiger partial charge < -0.3 is 5.73 Å². The number of hydrogen-bond donors (Lipinski definition) is 2. The molecule has 4 nitrogen and oxygen atoms in total. The number of alkyl halides is 3. The first kappa shape index (κ1) is 19.6. The zero-order valence-electron chi connectivity index (χ0n) is 13.4. The summed E-state index contributed by atoms with van der Waals surface area (Å²) >= 11 is 5.99. The van der Waals surface area contributed by atoms with Crippen LogP contribution in [-0.4, -0.2) is 14.7 Å². The van der Waals surface area contributed by atoms with E-state index in [1.165, 1.54) is 18.2 Å². The number of nitrogen functional groups attached to an aromatic ring is 1. The number of nitrogens with two attached hydrogens (primary N) is 1. The second kappa shape index (κ2) is 6.86. The molecule has 0 aliphatic heterocycles. The molecule has 2 rings (SSSR count). The molecule has 0 aliphatic rings. The summed E-state index contributed by atoms with van der Waals surface area (Å²) in [4.78, 5) is 0. The number of sulfonamides is 1. The summed E-state index contributed by atoms with van der Waals surface area (Å²) in [5.74, 6) is 0. The predicted molar refractivity (Wildman–Crippen MR) is 92.7 cm³/mol. The molecule has 3 N–H and O–H groups in total. The van der Waals surface area contributed by atoms with Gasteiger partial charge in [0.15, 0.2) is 0 Å². The molecule has 0 aliphatic carbocycles. The highest BCUT2D eigenvalue weighted by atomic mass is 35.5. The molecular weight excluding hydrogens is 377 g/mol. The molecule has 0 bridgehead atoms. The van der Waals surface area contributed by atoms with Crippen molar-refractivity contribution in [2.45, 2.75) is 19.1 Å². The van der Waals surface area contributed by atoms with Crippen molar-refractivity contribution in [2.24, 2.45) is 0 Å². The molecule has 0 heterocycles. The van der Waals surface area contributed by atoms with Crippen LogP contribution in [0.4, 0.5) is 18.9 Å². The minimum absolute atomic E-state index is 0.0799. The number of hydrogen-bond acceptors (Lipinski definition) is 3. The standard InChI is InChI=1S/C16H16ClF3N2O2S/c1-9(22-25(2,23)24)10-3-5-11(6-4-10)15-13(16(18,19)20)7-12(21)8-14(15)17/h3-9,22H,21H2,1-2H3/t9-/m1/s1. The van der Waals surface area contributed by atoms with Crippen LogP contribution in [0.2, 0.25) is 5.02 Å². The highest BCUT2D eigenvalue weighted by molar-refractivity contribution is 7.88. The molecule has 0 aromatic heterocycles. The van der Waals surface area contributed by atoms with Crippen molar-refractivity contribution in [1.82, 2.24) is 4.72 Å². The Morgan fingerprint density at radius 3 is 2.20 bits per heavy atom. The second-order valence-electron chi connectivity index (χ2n) is 5.66. The van der Waals surface area contributed by atoms with E-state index in [1.807, 2.05) is 0 Å². The Morgan fingerprint density at radius 2 is 1.72 bits per heavy atom. The van der Waals surface area contributed by atoms with Crippen molar-refractivity contribution in [2.75, 3.05) is 12.0 Å².